The number of aromatic nitrogens is 1. The highest BCUT2D eigenvalue weighted by molar-refractivity contribution is 9.10. The summed E-state index contributed by atoms with van der Waals surface area (Å²) in [5.41, 5.74) is 0.126. The zero-order valence-corrected chi connectivity index (χ0v) is 22.9. The summed E-state index contributed by atoms with van der Waals surface area (Å²) >= 11 is 2.81. The van der Waals surface area contributed by atoms with Gasteiger partial charge in [0.15, 0.2) is 0 Å². The first-order chi connectivity index (χ1) is 16.6. The number of sulfonamides is 2. The fraction of sp³-hybridized carbons (Fsp3) is 0.238. The molecule has 36 heavy (non-hydrogen) atoms. The second-order valence-corrected chi connectivity index (χ2v) is 14.5. The zero-order chi connectivity index (χ0) is 26.6. The van der Waals surface area contributed by atoms with Gasteiger partial charge in [0, 0.05) is 18.8 Å². The normalized spacial score (nSPS) is 15.0. The zero-order valence-electron chi connectivity index (χ0n) is 18.9. The molecule has 1 aromatic heterocycles. The van der Waals surface area contributed by atoms with Crippen molar-refractivity contribution in [3.05, 3.63) is 75.5 Å². The number of aryl methyl sites for hydroxylation is 1. The number of nitrogens with one attached hydrogen (secondary N) is 1. The van der Waals surface area contributed by atoms with E-state index in [0.717, 1.165) is 32.4 Å². The molecule has 1 aliphatic heterocycles. The number of rotatable bonds is 6. The summed E-state index contributed by atoms with van der Waals surface area (Å²) in [5.74, 6) is -1.98. The maximum Gasteiger partial charge on any atom is 0.267 e. The van der Waals surface area contributed by atoms with Crippen LogP contribution in [0.5, 0.6) is 0 Å². The number of hydrogen-bond donors (Lipinski definition) is 1. The smallest absolute Gasteiger partial charge is 0.267 e. The van der Waals surface area contributed by atoms with Crippen molar-refractivity contribution < 1.29 is 34.0 Å². The van der Waals surface area contributed by atoms with Gasteiger partial charge in [-0.3, -0.25) is 4.72 Å². The Morgan fingerprint density at radius 3 is 2.22 bits per heavy atom. The molecule has 4 rings (SSSR count). The minimum Gasteiger partial charge on any atom is -0.276 e. The quantitative estimate of drug-likeness (QED) is 0.421. The van der Waals surface area contributed by atoms with Crippen molar-refractivity contribution in [1.82, 2.24) is 8.28 Å². The molecule has 15 heteroatoms. The van der Waals surface area contributed by atoms with Gasteiger partial charge in [-0.05, 0) is 53.0 Å². The number of fused-ring (bicyclic) bond motifs is 1. The van der Waals surface area contributed by atoms with E-state index < -0.39 is 58.8 Å². The molecule has 2 aromatic carbocycles. The average molecular weight is 625 g/mol. The predicted octanol–water partition coefficient (Wildman–Crippen LogP) is 3.19. The fourth-order valence-corrected chi connectivity index (χ4v) is 7.72. The fourth-order valence-electron chi connectivity index (χ4n) is 3.81. The lowest BCUT2D eigenvalue weighted by Crippen LogP contribution is -2.36. The summed E-state index contributed by atoms with van der Waals surface area (Å²) in [6, 6.07) is 7.22. The highest BCUT2D eigenvalue weighted by Gasteiger charge is 2.36. The minimum atomic E-state index is -4.61. The van der Waals surface area contributed by atoms with E-state index in [1.165, 1.54) is 12.1 Å². The van der Waals surface area contributed by atoms with Crippen LogP contribution in [-0.2, 0) is 43.0 Å². The Labute approximate surface area is 216 Å². The van der Waals surface area contributed by atoms with E-state index in [9.17, 15) is 34.0 Å². The summed E-state index contributed by atoms with van der Waals surface area (Å²) in [5, 5.41) is 0. The number of benzene rings is 2. The lowest BCUT2D eigenvalue weighted by Gasteiger charge is -2.26. The molecule has 0 saturated heterocycles. The first-order valence-corrected chi connectivity index (χ1v) is 15.9. The van der Waals surface area contributed by atoms with Crippen LogP contribution in [0, 0.1) is 18.6 Å². The van der Waals surface area contributed by atoms with E-state index in [1.54, 1.807) is 19.1 Å². The van der Waals surface area contributed by atoms with Gasteiger partial charge >= 0.3 is 0 Å². The molecule has 1 N–H and O–H groups in total. The maximum atomic E-state index is 14.3. The van der Waals surface area contributed by atoms with Gasteiger partial charge in [-0.15, -0.1) is 0 Å². The van der Waals surface area contributed by atoms with E-state index in [4.69, 9.17) is 0 Å². The molecule has 0 spiro atoms. The highest BCUT2D eigenvalue weighted by Crippen LogP contribution is 2.34. The van der Waals surface area contributed by atoms with Gasteiger partial charge in [0.05, 0.1) is 33.6 Å². The van der Waals surface area contributed by atoms with Gasteiger partial charge in [0.1, 0.15) is 16.5 Å². The molecule has 0 atom stereocenters. The summed E-state index contributed by atoms with van der Waals surface area (Å²) in [4.78, 5) is -0.621. The largest absolute Gasteiger partial charge is 0.276 e. The molecule has 2 heterocycles. The Hall–Kier alpha value is -2.33. The second-order valence-electron chi connectivity index (χ2n) is 8.23. The highest BCUT2D eigenvalue weighted by atomic mass is 79.9. The summed E-state index contributed by atoms with van der Waals surface area (Å²) in [7, 11) is -12.7. The van der Waals surface area contributed by atoms with Gasteiger partial charge in [0.2, 0.25) is 10.0 Å². The number of nitrogens with zero attached hydrogens (tertiary/aromatic N) is 2. The lowest BCUT2D eigenvalue weighted by atomic mass is 10.1. The summed E-state index contributed by atoms with van der Waals surface area (Å²) in [6.07, 6.45) is 1.71. The van der Waals surface area contributed by atoms with Crippen molar-refractivity contribution in [2.45, 2.75) is 29.7 Å². The summed E-state index contributed by atoms with van der Waals surface area (Å²) in [6.45, 7) is 1.28. The lowest BCUT2D eigenvalue weighted by molar-refractivity contribution is 0.387. The van der Waals surface area contributed by atoms with Crippen molar-refractivity contribution in [3.8, 4) is 0 Å². The Balaban J connectivity index is 1.89. The Kier molecular flexibility index (Phi) is 6.83. The van der Waals surface area contributed by atoms with Crippen molar-refractivity contribution in [1.29, 1.82) is 0 Å². The molecule has 3 aromatic rings. The molecule has 0 bridgehead atoms. The molecule has 1 aliphatic rings. The van der Waals surface area contributed by atoms with Gasteiger partial charge in [-0.1, -0.05) is 17.7 Å². The Morgan fingerprint density at radius 1 is 0.972 bits per heavy atom. The second kappa shape index (κ2) is 9.20. The van der Waals surface area contributed by atoms with E-state index in [-0.39, 0.29) is 33.6 Å². The van der Waals surface area contributed by atoms with Crippen molar-refractivity contribution in [3.63, 3.8) is 0 Å². The van der Waals surface area contributed by atoms with Gasteiger partial charge in [-0.2, -0.15) is 4.31 Å². The topological polar surface area (TPSA) is 123 Å². The van der Waals surface area contributed by atoms with Crippen LogP contribution in [-0.4, -0.2) is 46.3 Å². The molecular weight excluding hydrogens is 604 g/mol. The van der Waals surface area contributed by atoms with Crippen molar-refractivity contribution >= 4 is 51.7 Å². The third kappa shape index (κ3) is 4.94. The SMILES string of the molecule is Cc1ccc(S(=O)(=O)n2cc(S(=O)(=O)Nc3cc(F)c(Br)cc3F)c3c2CN(S(C)(=O)=O)CC3)cc1. The van der Waals surface area contributed by atoms with E-state index in [2.05, 4.69) is 15.9 Å². The Bertz CT molecular complexity index is 1690. The third-order valence-electron chi connectivity index (χ3n) is 5.67. The van der Waals surface area contributed by atoms with Crippen LogP contribution in [0.1, 0.15) is 16.8 Å². The maximum absolute atomic E-state index is 14.3. The molecule has 0 radical (unpaired) electrons. The monoisotopic (exact) mass is 623 g/mol. The standard InChI is InChI=1S/C21H20BrF2N3O6S3/c1-13-3-5-14(6-4-13)36(32,33)27-12-21(15-7-8-26(11-20(15)27)34(2,28)29)35(30,31)25-19-10-17(23)16(22)9-18(19)24/h3-6,9-10,12,25H,7-8,11H2,1-2H3. The first kappa shape index (κ1) is 26.7. The van der Waals surface area contributed by atoms with Gasteiger partial charge < -0.3 is 0 Å². The molecule has 0 amide bonds. The minimum absolute atomic E-state index is 0.0601. The van der Waals surface area contributed by atoms with Crippen LogP contribution < -0.4 is 4.72 Å². The first-order valence-electron chi connectivity index (χ1n) is 10.3. The number of halogens is 3. The molecule has 0 aliphatic carbocycles. The predicted molar refractivity (Wildman–Crippen MR) is 132 cm³/mol. The van der Waals surface area contributed by atoms with Crippen LogP contribution in [0.2, 0.25) is 0 Å². The van der Waals surface area contributed by atoms with Crippen LogP contribution in [0.15, 0.2) is 56.9 Å². The number of hydrogen-bond acceptors (Lipinski definition) is 6. The van der Waals surface area contributed by atoms with Crippen LogP contribution >= 0.6 is 15.9 Å². The van der Waals surface area contributed by atoms with Gasteiger partial charge in [0.25, 0.3) is 20.0 Å². The molecular formula is C21H20BrF2N3O6S3. The molecule has 9 nitrogen and oxygen atoms in total. The molecule has 0 unspecified atom stereocenters. The summed E-state index contributed by atoms with van der Waals surface area (Å²) < 4.78 is 110. The molecule has 0 fully saturated rings. The number of anilines is 1. The van der Waals surface area contributed by atoms with E-state index in [0.29, 0.717) is 6.07 Å². The van der Waals surface area contributed by atoms with Crippen molar-refractivity contribution in [2.75, 3.05) is 17.5 Å². The van der Waals surface area contributed by atoms with Crippen molar-refractivity contribution in [2.24, 2.45) is 0 Å². The van der Waals surface area contributed by atoms with Crippen LogP contribution in [0.25, 0.3) is 0 Å². The average Bonchev–Trinajstić information content (AvgIpc) is 3.18. The Morgan fingerprint density at radius 2 is 1.61 bits per heavy atom. The van der Waals surface area contributed by atoms with Crippen LogP contribution in [0.3, 0.4) is 0 Å². The molecule has 0 saturated carbocycles. The van der Waals surface area contributed by atoms with Gasteiger partial charge in [-0.25, -0.2) is 38.0 Å². The van der Waals surface area contributed by atoms with Crippen LogP contribution in [0.4, 0.5) is 14.5 Å². The van der Waals surface area contributed by atoms with E-state index in [1.807, 2.05) is 4.72 Å². The molecule has 194 valence electrons. The van der Waals surface area contributed by atoms with E-state index >= 15 is 0 Å². The third-order valence-corrected chi connectivity index (χ3v) is 10.7.